The molecule has 8 nitrogen and oxygen atoms in total. The minimum atomic E-state index is -0.757. The Labute approximate surface area is 133 Å². The summed E-state index contributed by atoms with van der Waals surface area (Å²) < 4.78 is 9.93. The molecule has 0 spiro atoms. The summed E-state index contributed by atoms with van der Waals surface area (Å²) in [4.78, 5) is 46.2. The van der Waals surface area contributed by atoms with E-state index < -0.39 is 25.1 Å². The molecule has 0 unspecified atom stereocenters. The molecule has 23 heavy (non-hydrogen) atoms. The van der Waals surface area contributed by atoms with Crippen molar-refractivity contribution in [2.24, 2.45) is 0 Å². The maximum absolute atomic E-state index is 11.7. The van der Waals surface area contributed by atoms with Gasteiger partial charge in [-0.3, -0.25) is 14.4 Å². The van der Waals surface area contributed by atoms with Crippen molar-refractivity contribution < 1.29 is 28.7 Å². The molecule has 0 radical (unpaired) electrons. The normalized spacial score (nSPS) is 9.65. The van der Waals surface area contributed by atoms with Crippen molar-refractivity contribution in [3.05, 3.63) is 29.8 Å². The number of esters is 1. The second-order valence-electron chi connectivity index (χ2n) is 4.53. The maximum Gasteiger partial charge on any atom is 0.344 e. The van der Waals surface area contributed by atoms with Crippen LogP contribution in [0.2, 0.25) is 0 Å². The largest absolute Gasteiger partial charge is 0.481 e. The van der Waals surface area contributed by atoms with Crippen LogP contribution in [0.5, 0.6) is 5.75 Å². The van der Waals surface area contributed by atoms with E-state index in [2.05, 4.69) is 5.32 Å². The number of nitrogens with zero attached hydrogens (tertiary/aromatic N) is 1. The third-order valence-corrected chi connectivity index (χ3v) is 2.83. The Morgan fingerprint density at radius 3 is 2.57 bits per heavy atom. The predicted molar refractivity (Wildman–Crippen MR) is 80.0 cm³/mol. The summed E-state index contributed by atoms with van der Waals surface area (Å²) >= 11 is 0. The molecule has 0 fully saturated rings. The molecule has 0 aliphatic carbocycles. The van der Waals surface area contributed by atoms with Gasteiger partial charge in [0.15, 0.2) is 19.5 Å². The zero-order valence-electron chi connectivity index (χ0n) is 12.9. The highest BCUT2D eigenvalue weighted by molar-refractivity contribution is 5.86. The molecule has 0 aliphatic heterocycles. The van der Waals surface area contributed by atoms with Gasteiger partial charge in [0.25, 0.3) is 5.91 Å². The van der Waals surface area contributed by atoms with Gasteiger partial charge in [-0.05, 0) is 12.1 Å². The number of para-hydroxylation sites is 1. The first-order valence-corrected chi connectivity index (χ1v) is 6.75. The van der Waals surface area contributed by atoms with Gasteiger partial charge in [-0.2, -0.15) is 0 Å². The molecule has 2 amide bonds. The molecule has 124 valence electrons. The van der Waals surface area contributed by atoms with Crippen LogP contribution in [-0.4, -0.2) is 62.8 Å². The average molecular weight is 322 g/mol. The van der Waals surface area contributed by atoms with Gasteiger partial charge < -0.3 is 19.7 Å². The van der Waals surface area contributed by atoms with Gasteiger partial charge in [0, 0.05) is 14.1 Å². The van der Waals surface area contributed by atoms with Crippen LogP contribution in [0.25, 0.3) is 0 Å². The summed E-state index contributed by atoms with van der Waals surface area (Å²) in [5.74, 6) is -1.36. The first-order valence-electron chi connectivity index (χ1n) is 6.75. The van der Waals surface area contributed by atoms with Crippen LogP contribution in [0.4, 0.5) is 0 Å². The molecule has 0 atom stereocenters. The number of nitrogens with one attached hydrogen (secondary N) is 1. The van der Waals surface area contributed by atoms with Crippen LogP contribution in [0.3, 0.4) is 0 Å². The number of ether oxygens (including phenoxy) is 2. The first kappa shape index (κ1) is 18.1. The number of hydrogen-bond donors (Lipinski definition) is 1. The second kappa shape index (κ2) is 9.19. The van der Waals surface area contributed by atoms with Crippen molar-refractivity contribution in [2.75, 3.05) is 33.9 Å². The molecule has 1 aromatic carbocycles. The van der Waals surface area contributed by atoms with Crippen LogP contribution in [0, 0.1) is 0 Å². The smallest absolute Gasteiger partial charge is 0.344 e. The highest BCUT2D eigenvalue weighted by Gasteiger charge is 2.15. The highest BCUT2D eigenvalue weighted by atomic mass is 16.6. The molecule has 1 N–H and O–H groups in total. The van der Waals surface area contributed by atoms with Crippen molar-refractivity contribution in [3.63, 3.8) is 0 Å². The SMILES string of the molecule is CNC(=O)CN(C)C(=O)COC(=O)COc1ccccc1C=O. The van der Waals surface area contributed by atoms with Gasteiger partial charge in [-0.15, -0.1) is 0 Å². The first-order chi connectivity index (χ1) is 11.0. The van der Waals surface area contributed by atoms with E-state index in [9.17, 15) is 19.2 Å². The topological polar surface area (TPSA) is 102 Å². The Hall–Kier alpha value is -2.90. The van der Waals surface area contributed by atoms with Crippen molar-refractivity contribution in [2.45, 2.75) is 0 Å². The second-order valence-corrected chi connectivity index (χ2v) is 4.53. The van der Waals surface area contributed by atoms with E-state index in [4.69, 9.17) is 9.47 Å². The lowest BCUT2D eigenvalue weighted by atomic mass is 10.2. The molecule has 0 aliphatic rings. The highest BCUT2D eigenvalue weighted by Crippen LogP contribution is 2.15. The summed E-state index contributed by atoms with van der Waals surface area (Å²) in [5, 5.41) is 2.38. The van der Waals surface area contributed by atoms with Crippen molar-refractivity contribution in [1.29, 1.82) is 0 Å². The van der Waals surface area contributed by atoms with Crippen molar-refractivity contribution in [3.8, 4) is 5.75 Å². The van der Waals surface area contributed by atoms with Crippen molar-refractivity contribution in [1.82, 2.24) is 10.2 Å². The molecule has 0 bridgehead atoms. The summed E-state index contributed by atoms with van der Waals surface area (Å²) in [6, 6.07) is 6.41. The number of likely N-dealkylation sites (N-methyl/N-ethyl adjacent to an activating group) is 2. The van der Waals surface area contributed by atoms with Gasteiger partial charge in [0.1, 0.15) is 5.75 Å². The number of aldehydes is 1. The fraction of sp³-hybridized carbons (Fsp3) is 0.333. The monoisotopic (exact) mass is 322 g/mol. The van der Waals surface area contributed by atoms with E-state index in [1.807, 2.05) is 0 Å². The van der Waals surface area contributed by atoms with E-state index in [-0.39, 0.29) is 18.2 Å². The van der Waals surface area contributed by atoms with Crippen LogP contribution in [0.15, 0.2) is 24.3 Å². The summed E-state index contributed by atoms with van der Waals surface area (Å²) in [7, 11) is 2.87. The third-order valence-electron chi connectivity index (χ3n) is 2.83. The predicted octanol–water partition coefficient (Wildman–Crippen LogP) is -0.374. The van der Waals surface area contributed by atoms with E-state index >= 15 is 0 Å². The molecule has 8 heteroatoms. The molecule has 1 rings (SSSR count). The zero-order chi connectivity index (χ0) is 17.2. The molecule has 0 heterocycles. The number of carbonyl (C=O) groups is 4. The van der Waals surface area contributed by atoms with Gasteiger partial charge in [-0.1, -0.05) is 12.1 Å². The quantitative estimate of drug-likeness (QED) is 0.517. The van der Waals surface area contributed by atoms with Crippen LogP contribution < -0.4 is 10.1 Å². The maximum atomic E-state index is 11.7. The van der Waals surface area contributed by atoms with E-state index in [0.29, 0.717) is 11.8 Å². The number of rotatable bonds is 8. The van der Waals surface area contributed by atoms with E-state index in [0.717, 1.165) is 4.90 Å². The molecule has 0 saturated heterocycles. The molecular weight excluding hydrogens is 304 g/mol. The average Bonchev–Trinajstić information content (AvgIpc) is 2.57. The van der Waals surface area contributed by atoms with E-state index in [1.54, 1.807) is 24.3 Å². The lowest BCUT2D eigenvalue weighted by Crippen LogP contribution is -2.39. The summed E-state index contributed by atoms with van der Waals surface area (Å²) in [6.07, 6.45) is 0.609. The minimum absolute atomic E-state index is 0.129. The third kappa shape index (κ3) is 6.16. The Morgan fingerprint density at radius 1 is 1.22 bits per heavy atom. The summed E-state index contributed by atoms with van der Waals surface area (Å²) in [6.45, 7) is -1.06. The van der Waals surface area contributed by atoms with Crippen LogP contribution in [0.1, 0.15) is 10.4 Å². The number of amides is 2. The lowest BCUT2D eigenvalue weighted by molar-refractivity contribution is -0.153. The van der Waals surface area contributed by atoms with Crippen molar-refractivity contribution >= 4 is 24.1 Å². The fourth-order valence-corrected chi connectivity index (χ4v) is 1.52. The number of benzene rings is 1. The molecule has 0 saturated carbocycles. The summed E-state index contributed by atoms with van der Waals surface area (Å²) in [5.41, 5.74) is 0.307. The molecule has 0 aromatic heterocycles. The Kier molecular flexibility index (Phi) is 7.25. The Bertz CT molecular complexity index is 587. The van der Waals surface area contributed by atoms with Gasteiger partial charge >= 0.3 is 5.97 Å². The molecular formula is C15H18N2O6. The Morgan fingerprint density at radius 2 is 1.91 bits per heavy atom. The van der Waals surface area contributed by atoms with Gasteiger partial charge in [0.05, 0.1) is 12.1 Å². The van der Waals surface area contributed by atoms with Crippen LogP contribution in [-0.2, 0) is 19.1 Å². The Balaban J connectivity index is 2.38. The van der Waals surface area contributed by atoms with E-state index in [1.165, 1.54) is 14.1 Å². The minimum Gasteiger partial charge on any atom is -0.481 e. The zero-order valence-corrected chi connectivity index (χ0v) is 12.9. The standard InChI is InChI=1S/C15H18N2O6/c1-16-13(19)7-17(2)14(20)9-23-15(21)10-22-12-6-4-3-5-11(12)8-18/h3-6,8H,7,9-10H2,1-2H3,(H,16,19). The lowest BCUT2D eigenvalue weighted by Gasteiger charge is -2.16. The van der Waals surface area contributed by atoms with Crippen LogP contribution >= 0.6 is 0 Å². The van der Waals surface area contributed by atoms with Gasteiger partial charge in [0.2, 0.25) is 5.91 Å². The fourth-order valence-electron chi connectivity index (χ4n) is 1.52. The number of carbonyl (C=O) groups excluding carboxylic acids is 4. The molecule has 1 aromatic rings. The van der Waals surface area contributed by atoms with Gasteiger partial charge in [-0.25, -0.2) is 4.79 Å². The number of hydrogen-bond acceptors (Lipinski definition) is 6.